The summed E-state index contributed by atoms with van der Waals surface area (Å²) in [5.74, 6) is 1.37. The summed E-state index contributed by atoms with van der Waals surface area (Å²) in [5, 5.41) is 11.1. The molecule has 6 rings (SSSR count). The molecule has 1 heterocycles. The average Bonchev–Trinajstić information content (AvgIpc) is 3.63. The summed E-state index contributed by atoms with van der Waals surface area (Å²) in [6.07, 6.45) is 11.9. The first-order valence-corrected chi connectivity index (χ1v) is 15.4. The number of rotatable bonds is 3. The van der Waals surface area contributed by atoms with Crippen LogP contribution in [0.5, 0.6) is 0 Å². The van der Waals surface area contributed by atoms with Crippen molar-refractivity contribution in [3.63, 3.8) is 0 Å². The molecule has 208 valence electrons. The fourth-order valence-corrected chi connectivity index (χ4v) is 11.3. The first kappa shape index (κ1) is 26.4. The van der Waals surface area contributed by atoms with Gasteiger partial charge in [-0.05, 0) is 97.2 Å². The Hall–Kier alpha value is -0.870. The average molecular weight is 513 g/mol. The topological polar surface area (TPSA) is 59.1 Å². The van der Waals surface area contributed by atoms with Crippen molar-refractivity contribution in [3.05, 3.63) is 11.6 Å². The van der Waals surface area contributed by atoms with Crippen LogP contribution in [0.1, 0.15) is 113 Å². The summed E-state index contributed by atoms with van der Waals surface area (Å²) in [4.78, 5) is 13.8. The van der Waals surface area contributed by atoms with E-state index in [9.17, 15) is 9.90 Å². The summed E-state index contributed by atoms with van der Waals surface area (Å²) in [5.41, 5.74) is 1.69. The van der Waals surface area contributed by atoms with E-state index in [0.717, 1.165) is 51.4 Å². The third-order valence-electron chi connectivity index (χ3n) is 13.8. The summed E-state index contributed by atoms with van der Waals surface area (Å²) >= 11 is 0. The van der Waals surface area contributed by atoms with Gasteiger partial charge in [-0.1, -0.05) is 67.0 Å². The molecule has 1 saturated heterocycles. The van der Waals surface area contributed by atoms with E-state index in [1.54, 1.807) is 5.57 Å². The highest BCUT2D eigenvalue weighted by Crippen LogP contribution is 2.77. The quantitative estimate of drug-likeness (QED) is 0.249. The number of hydrogen-bond donors (Lipinski definition) is 1. The third-order valence-corrected chi connectivity index (χ3v) is 13.8. The molecule has 5 fully saturated rings. The fraction of sp³-hybridized carbons (Fsp3) is 0.909. The van der Waals surface area contributed by atoms with Crippen LogP contribution >= 0.6 is 0 Å². The summed E-state index contributed by atoms with van der Waals surface area (Å²) in [6.45, 7) is 19.7. The molecule has 5 aliphatic carbocycles. The van der Waals surface area contributed by atoms with Crippen molar-refractivity contribution in [2.75, 3.05) is 6.61 Å². The van der Waals surface area contributed by atoms with Crippen LogP contribution in [0.15, 0.2) is 11.6 Å². The van der Waals surface area contributed by atoms with Gasteiger partial charge in [0.1, 0.15) is 6.10 Å². The molecule has 0 bridgehead atoms. The number of fused-ring (bicyclic) bond motifs is 9. The van der Waals surface area contributed by atoms with E-state index in [2.05, 4.69) is 61.5 Å². The van der Waals surface area contributed by atoms with E-state index in [1.807, 2.05) is 0 Å². The van der Waals surface area contributed by atoms with Crippen LogP contribution in [0.25, 0.3) is 0 Å². The number of epoxide rings is 1. The predicted molar refractivity (Wildman–Crippen MR) is 146 cm³/mol. The van der Waals surface area contributed by atoms with Crippen LogP contribution in [0, 0.1) is 50.2 Å². The lowest BCUT2D eigenvalue weighted by molar-refractivity contribution is -0.198. The first-order chi connectivity index (χ1) is 17.2. The van der Waals surface area contributed by atoms with Crippen molar-refractivity contribution in [2.24, 2.45) is 50.2 Å². The number of carbonyl (C=O) groups excluding carboxylic acids is 1. The van der Waals surface area contributed by atoms with Crippen LogP contribution in [0.4, 0.5) is 0 Å². The molecule has 4 nitrogen and oxygen atoms in total. The van der Waals surface area contributed by atoms with E-state index in [4.69, 9.17) is 9.47 Å². The smallest absolute Gasteiger partial charge is 0.312 e. The molecule has 1 aliphatic heterocycles. The monoisotopic (exact) mass is 512 g/mol. The summed E-state index contributed by atoms with van der Waals surface area (Å²) < 4.78 is 12.3. The van der Waals surface area contributed by atoms with Crippen molar-refractivity contribution >= 4 is 5.97 Å². The second-order valence-electron chi connectivity index (χ2n) is 16.2. The second kappa shape index (κ2) is 7.87. The number of ether oxygens (including phenoxy) is 2. The van der Waals surface area contributed by atoms with Gasteiger partial charge in [0.05, 0.1) is 24.2 Å². The van der Waals surface area contributed by atoms with E-state index in [-0.39, 0.29) is 62.7 Å². The minimum atomic E-state index is -0.362. The second-order valence-corrected chi connectivity index (χ2v) is 16.2. The highest BCUT2D eigenvalue weighted by Gasteiger charge is 2.76. The number of aliphatic hydroxyl groups is 1. The Labute approximate surface area is 225 Å². The van der Waals surface area contributed by atoms with Gasteiger partial charge >= 0.3 is 5.97 Å². The zero-order valence-corrected chi connectivity index (χ0v) is 24.8. The third kappa shape index (κ3) is 3.18. The molecule has 0 spiro atoms. The minimum Gasteiger partial charge on any atom is -0.465 e. The zero-order valence-electron chi connectivity index (χ0n) is 24.8. The molecule has 0 aromatic carbocycles. The molecule has 0 radical (unpaired) electrons. The van der Waals surface area contributed by atoms with Gasteiger partial charge in [-0.25, -0.2) is 0 Å². The highest BCUT2D eigenvalue weighted by atomic mass is 16.6. The molecule has 0 amide bonds. The Morgan fingerprint density at radius 1 is 1.03 bits per heavy atom. The van der Waals surface area contributed by atoms with Gasteiger partial charge in [-0.3, -0.25) is 4.79 Å². The molecule has 6 aliphatic rings. The van der Waals surface area contributed by atoms with E-state index >= 15 is 0 Å². The molecule has 10 atom stereocenters. The van der Waals surface area contributed by atoms with Crippen molar-refractivity contribution in [3.8, 4) is 0 Å². The van der Waals surface area contributed by atoms with Gasteiger partial charge in [0.15, 0.2) is 0 Å². The molecule has 0 aromatic heterocycles. The number of carbonyl (C=O) groups is 1. The van der Waals surface area contributed by atoms with E-state index < -0.39 is 0 Å². The summed E-state index contributed by atoms with van der Waals surface area (Å²) in [6, 6.07) is 0. The van der Waals surface area contributed by atoms with Gasteiger partial charge < -0.3 is 14.6 Å². The molecule has 0 unspecified atom stereocenters. The van der Waals surface area contributed by atoms with Gasteiger partial charge in [0, 0.05) is 5.41 Å². The lowest BCUT2D eigenvalue weighted by Gasteiger charge is -2.70. The number of esters is 1. The fourth-order valence-electron chi connectivity index (χ4n) is 11.3. The van der Waals surface area contributed by atoms with Crippen molar-refractivity contribution < 1.29 is 19.4 Å². The molecule has 4 heteroatoms. The van der Waals surface area contributed by atoms with Crippen LogP contribution in [-0.4, -0.2) is 36.0 Å². The Balaban J connectivity index is 1.42. The molecule has 0 aromatic rings. The molecular formula is C33H52O4. The predicted octanol–water partition coefficient (Wildman–Crippen LogP) is 7.09. The van der Waals surface area contributed by atoms with Gasteiger partial charge in [0.25, 0.3) is 0 Å². The highest BCUT2D eigenvalue weighted by molar-refractivity contribution is 5.78. The maximum Gasteiger partial charge on any atom is 0.312 e. The van der Waals surface area contributed by atoms with Gasteiger partial charge in [-0.2, -0.15) is 0 Å². The minimum absolute atomic E-state index is 0.00303. The standard InChI is InChI=1S/C33H52O4/c1-9-18-36-27(35)33-16-14-28(2,3)19-21(33)20-10-11-23-31(7,30(20,6)15-17-33)13-12-22-29(4,5)25(34)24-26(37-24)32(22,23)8/h10,21-26,34H,9,11-19H2,1-8H3/t21-,22-,23-,24-,25-,26-,30+,31+,32-,33-/m0/s1. The van der Waals surface area contributed by atoms with Crippen molar-refractivity contribution in [1.82, 2.24) is 0 Å². The molecule has 37 heavy (non-hydrogen) atoms. The van der Waals surface area contributed by atoms with E-state index in [1.165, 1.54) is 6.42 Å². The van der Waals surface area contributed by atoms with Crippen LogP contribution in [0.2, 0.25) is 0 Å². The number of hydrogen-bond acceptors (Lipinski definition) is 4. The van der Waals surface area contributed by atoms with E-state index in [0.29, 0.717) is 18.4 Å². The maximum atomic E-state index is 13.8. The Bertz CT molecular complexity index is 1010. The Kier molecular flexibility index (Phi) is 5.60. The number of aliphatic hydroxyl groups excluding tert-OH is 1. The van der Waals surface area contributed by atoms with Crippen LogP contribution in [-0.2, 0) is 14.3 Å². The maximum absolute atomic E-state index is 13.8. The van der Waals surface area contributed by atoms with Gasteiger partial charge in [-0.15, -0.1) is 0 Å². The van der Waals surface area contributed by atoms with Gasteiger partial charge in [0.2, 0.25) is 0 Å². The molecular weight excluding hydrogens is 460 g/mol. The summed E-state index contributed by atoms with van der Waals surface area (Å²) in [7, 11) is 0. The van der Waals surface area contributed by atoms with Crippen LogP contribution < -0.4 is 0 Å². The van der Waals surface area contributed by atoms with Crippen LogP contribution in [0.3, 0.4) is 0 Å². The zero-order chi connectivity index (χ0) is 26.8. The Morgan fingerprint density at radius 3 is 2.43 bits per heavy atom. The molecule has 1 N–H and O–H groups in total. The Morgan fingerprint density at radius 2 is 1.73 bits per heavy atom. The normalized spacial score (nSPS) is 52.8. The lowest BCUT2D eigenvalue weighted by Crippen LogP contribution is -2.67. The lowest BCUT2D eigenvalue weighted by atomic mass is 9.33. The SMILES string of the molecule is CCCOC(=O)[C@]12CCC(C)(C)C[C@H]1C1=CC[C@@H]3[C@@]4(C)[C@H]5O[C@H]5[C@H](O)C(C)(C)[C@@H]4CC[C@@]3(C)[C@]1(C)CC2. The number of allylic oxidation sites excluding steroid dienone is 2. The van der Waals surface area contributed by atoms with Crippen molar-refractivity contribution in [1.29, 1.82) is 0 Å². The molecule has 4 saturated carbocycles. The first-order valence-electron chi connectivity index (χ1n) is 15.4. The van der Waals surface area contributed by atoms with Crippen molar-refractivity contribution in [2.45, 2.75) is 131 Å². The largest absolute Gasteiger partial charge is 0.465 e.